The molecule has 0 aromatic rings. The first kappa shape index (κ1) is 11.2. The van der Waals surface area contributed by atoms with Gasteiger partial charge in [-0.2, -0.15) is 0 Å². The van der Waals surface area contributed by atoms with Gasteiger partial charge in [0.2, 0.25) is 0 Å². The summed E-state index contributed by atoms with van der Waals surface area (Å²) < 4.78 is 4.80. The van der Waals surface area contributed by atoms with Gasteiger partial charge in [-0.1, -0.05) is 26.2 Å². The molecule has 1 fully saturated rings. The number of nitrogens with zero attached hydrogens (tertiary/aromatic N) is 1. The van der Waals surface area contributed by atoms with E-state index in [-0.39, 0.29) is 11.9 Å². The lowest BCUT2D eigenvalue weighted by Gasteiger charge is -2.09. The number of unbranched alkanes of at least 4 members (excludes halogenated alkanes) is 3. The Morgan fingerprint density at radius 2 is 2.19 bits per heavy atom. The summed E-state index contributed by atoms with van der Waals surface area (Å²) in [5.74, 6) is -0.149. The maximum Gasteiger partial charge on any atom is 0.417 e. The lowest BCUT2D eigenvalue weighted by atomic mass is 10.1. The minimum Gasteiger partial charge on any atom is -0.447 e. The zero-order valence-corrected chi connectivity index (χ0v) is 9.57. The number of hydrogen-bond acceptors (Lipinski definition) is 3. The molecule has 2 aliphatic rings. The van der Waals surface area contributed by atoms with Gasteiger partial charge in [0.15, 0.2) is 0 Å². The Morgan fingerprint density at radius 1 is 1.38 bits per heavy atom. The lowest BCUT2D eigenvalue weighted by Crippen LogP contribution is -2.33. The zero-order valence-electron chi connectivity index (χ0n) is 9.57. The summed E-state index contributed by atoms with van der Waals surface area (Å²) in [6.07, 6.45) is 6.76. The third-order valence-electron chi connectivity index (χ3n) is 3.09. The van der Waals surface area contributed by atoms with Crippen LogP contribution in [0.4, 0.5) is 4.79 Å². The topological polar surface area (TPSA) is 46.6 Å². The summed E-state index contributed by atoms with van der Waals surface area (Å²) in [5, 5.41) is 0. The first-order valence-electron chi connectivity index (χ1n) is 5.95. The Hall–Kier alpha value is -1.32. The van der Waals surface area contributed by atoms with E-state index in [1.54, 1.807) is 0 Å². The first-order chi connectivity index (χ1) is 7.74. The summed E-state index contributed by atoms with van der Waals surface area (Å²) in [6, 6.07) is -0.138. The van der Waals surface area contributed by atoms with Crippen molar-refractivity contribution >= 4 is 12.0 Å². The van der Waals surface area contributed by atoms with Crippen LogP contribution >= 0.6 is 0 Å². The molecule has 1 saturated heterocycles. The molecule has 2 rings (SSSR count). The minimum atomic E-state index is -0.491. The minimum absolute atomic E-state index is 0.138. The van der Waals surface area contributed by atoms with E-state index in [9.17, 15) is 9.59 Å². The molecule has 2 amide bonds. The molecule has 2 aliphatic heterocycles. The largest absolute Gasteiger partial charge is 0.447 e. The molecule has 0 aromatic carbocycles. The van der Waals surface area contributed by atoms with E-state index in [0.717, 1.165) is 24.8 Å². The first-order valence-corrected chi connectivity index (χ1v) is 5.95. The standard InChI is InChI=1S/C12H17NO3/c1-2-3-4-5-6-9-7-10-8-16-12(15)13(10)11(9)14/h7,10H,2-6,8H2,1H3. The molecule has 0 saturated carbocycles. The average Bonchev–Trinajstić information content (AvgIpc) is 2.77. The number of fused-ring (bicyclic) bond motifs is 1. The van der Waals surface area contributed by atoms with Crippen LogP contribution in [-0.4, -0.2) is 29.5 Å². The molecule has 4 nitrogen and oxygen atoms in total. The molecule has 0 spiro atoms. The maximum atomic E-state index is 11.8. The molecule has 4 heteroatoms. The molecule has 0 N–H and O–H groups in total. The number of rotatable bonds is 5. The van der Waals surface area contributed by atoms with Gasteiger partial charge in [-0.05, 0) is 18.9 Å². The quantitative estimate of drug-likeness (QED) is 0.671. The van der Waals surface area contributed by atoms with Crippen molar-refractivity contribution in [3.8, 4) is 0 Å². The summed E-state index contributed by atoms with van der Waals surface area (Å²) in [6.45, 7) is 2.48. The van der Waals surface area contributed by atoms with Crippen molar-refractivity contribution in [3.63, 3.8) is 0 Å². The average molecular weight is 223 g/mol. The molecule has 0 aromatic heterocycles. The number of cyclic esters (lactones) is 1. The molecular formula is C12H17NO3. The third kappa shape index (κ3) is 1.96. The van der Waals surface area contributed by atoms with Crippen LogP contribution in [0.25, 0.3) is 0 Å². The van der Waals surface area contributed by atoms with E-state index in [2.05, 4.69) is 6.92 Å². The highest BCUT2D eigenvalue weighted by molar-refractivity contribution is 6.06. The van der Waals surface area contributed by atoms with E-state index >= 15 is 0 Å². The van der Waals surface area contributed by atoms with Crippen molar-refractivity contribution in [1.82, 2.24) is 4.90 Å². The van der Waals surface area contributed by atoms with Crippen LogP contribution in [0.15, 0.2) is 11.6 Å². The van der Waals surface area contributed by atoms with Gasteiger partial charge in [0.05, 0.1) is 6.04 Å². The predicted molar refractivity (Wildman–Crippen MR) is 58.8 cm³/mol. The highest BCUT2D eigenvalue weighted by atomic mass is 16.6. The summed E-state index contributed by atoms with van der Waals surface area (Å²) in [5.41, 5.74) is 0.790. The molecule has 0 radical (unpaired) electrons. The van der Waals surface area contributed by atoms with E-state index in [1.807, 2.05) is 6.08 Å². The number of hydrogen-bond donors (Lipinski definition) is 0. The Labute approximate surface area is 95.2 Å². The van der Waals surface area contributed by atoms with Gasteiger partial charge in [-0.3, -0.25) is 4.79 Å². The Balaban J connectivity index is 1.88. The highest BCUT2D eigenvalue weighted by Crippen LogP contribution is 2.27. The number of carbonyl (C=O) groups is 2. The molecule has 0 bridgehead atoms. The molecular weight excluding hydrogens is 206 g/mol. The Kier molecular flexibility index (Phi) is 3.27. The SMILES string of the molecule is CCCCCCC1=CC2COC(=O)N2C1=O. The van der Waals surface area contributed by atoms with Crippen LogP contribution in [0.1, 0.15) is 39.0 Å². The van der Waals surface area contributed by atoms with Crippen LogP contribution in [0, 0.1) is 0 Å². The van der Waals surface area contributed by atoms with E-state index in [1.165, 1.54) is 17.7 Å². The zero-order chi connectivity index (χ0) is 11.5. The van der Waals surface area contributed by atoms with Crippen molar-refractivity contribution in [1.29, 1.82) is 0 Å². The lowest BCUT2D eigenvalue weighted by molar-refractivity contribution is -0.123. The van der Waals surface area contributed by atoms with Gasteiger partial charge < -0.3 is 4.74 Å². The van der Waals surface area contributed by atoms with Crippen LogP contribution in [0.3, 0.4) is 0 Å². The number of ether oxygens (including phenoxy) is 1. The van der Waals surface area contributed by atoms with E-state index < -0.39 is 6.09 Å². The highest BCUT2D eigenvalue weighted by Gasteiger charge is 2.42. The van der Waals surface area contributed by atoms with E-state index in [4.69, 9.17) is 4.74 Å². The molecule has 88 valence electrons. The fraction of sp³-hybridized carbons (Fsp3) is 0.667. The summed E-state index contributed by atoms with van der Waals surface area (Å²) in [7, 11) is 0. The smallest absolute Gasteiger partial charge is 0.417 e. The fourth-order valence-corrected chi connectivity index (χ4v) is 2.18. The van der Waals surface area contributed by atoms with Gasteiger partial charge in [0, 0.05) is 5.57 Å². The van der Waals surface area contributed by atoms with Gasteiger partial charge >= 0.3 is 6.09 Å². The predicted octanol–water partition coefficient (Wildman–Crippen LogP) is 2.24. The van der Waals surface area contributed by atoms with Crippen LogP contribution in [0.5, 0.6) is 0 Å². The Bertz CT molecular complexity index is 335. The van der Waals surface area contributed by atoms with Crippen molar-refractivity contribution in [2.24, 2.45) is 0 Å². The van der Waals surface area contributed by atoms with Crippen LogP contribution in [-0.2, 0) is 9.53 Å². The van der Waals surface area contributed by atoms with E-state index in [0.29, 0.717) is 6.61 Å². The molecule has 1 atom stereocenters. The van der Waals surface area contributed by atoms with Gasteiger partial charge in [0.1, 0.15) is 6.61 Å². The number of amides is 2. The summed E-state index contributed by atoms with van der Waals surface area (Å²) in [4.78, 5) is 24.3. The molecule has 1 unspecified atom stereocenters. The van der Waals surface area contributed by atoms with Crippen molar-refractivity contribution in [3.05, 3.63) is 11.6 Å². The second kappa shape index (κ2) is 4.68. The maximum absolute atomic E-state index is 11.8. The molecule has 0 aliphatic carbocycles. The number of imide groups is 1. The van der Waals surface area contributed by atoms with Crippen molar-refractivity contribution in [2.45, 2.75) is 45.1 Å². The normalized spacial score (nSPS) is 23.4. The van der Waals surface area contributed by atoms with Gasteiger partial charge in [-0.15, -0.1) is 0 Å². The second-order valence-electron chi connectivity index (χ2n) is 4.32. The third-order valence-corrected chi connectivity index (χ3v) is 3.09. The molecule has 16 heavy (non-hydrogen) atoms. The Morgan fingerprint density at radius 3 is 2.88 bits per heavy atom. The van der Waals surface area contributed by atoms with Crippen molar-refractivity contribution < 1.29 is 14.3 Å². The molecule has 2 heterocycles. The van der Waals surface area contributed by atoms with Gasteiger partial charge in [-0.25, -0.2) is 9.69 Å². The second-order valence-corrected chi connectivity index (χ2v) is 4.32. The van der Waals surface area contributed by atoms with Crippen LogP contribution < -0.4 is 0 Å². The van der Waals surface area contributed by atoms with Crippen molar-refractivity contribution in [2.75, 3.05) is 6.61 Å². The van der Waals surface area contributed by atoms with Crippen LogP contribution in [0.2, 0.25) is 0 Å². The monoisotopic (exact) mass is 223 g/mol. The van der Waals surface area contributed by atoms with Gasteiger partial charge in [0.25, 0.3) is 5.91 Å². The fourth-order valence-electron chi connectivity index (χ4n) is 2.18. The summed E-state index contributed by atoms with van der Waals surface area (Å²) >= 11 is 0. The number of carbonyl (C=O) groups excluding carboxylic acids is 2.